The van der Waals surface area contributed by atoms with Crippen LogP contribution in [-0.2, 0) is 4.79 Å². The number of likely N-dealkylation sites (tertiary alicyclic amines) is 1. The lowest BCUT2D eigenvalue weighted by Gasteiger charge is -2.34. The van der Waals surface area contributed by atoms with Gasteiger partial charge < -0.3 is 10.6 Å². The number of halogens is 2. The maximum Gasteiger partial charge on any atom is 0.252 e. The first-order valence-corrected chi connectivity index (χ1v) is 10.2. The number of amides is 2. The summed E-state index contributed by atoms with van der Waals surface area (Å²) in [5, 5.41) is 6.04. The fourth-order valence-electron chi connectivity index (χ4n) is 3.55. The fourth-order valence-corrected chi connectivity index (χ4v) is 3.77. The predicted molar refractivity (Wildman–Crippen MR) is 111 cm³/mol. The van der Waals surface area contributed by atoms with Gasteiger partial charge in [-0.3, -0.25) is 14.5 Å². The molecule has 1 atom stereocenters. The lowest BCUT2D eigenvalue weighted by Crippen LogP contribution is -2.44. The summed E-state index contributed by atoms with van der Waals surface area (Å²) in [6.07, 6.45) is 3.24. The molecule has 0 aromatic heterocycles. The van der Waals surface area contributed by atoms with Crippen LogP contribution in [0, 0.1) is 5.82 Å². The highest BCUT2D eigenvalue weighted by molar-refractivity contribution is 6.33. The summed E-state index contributed by atoms with van der Waals surface area (Å²) in [5.41, 5.74) is 1.17. The van der Waals surface area contributed by atoms with Crippen molar-refractivity contribution >= 4 is 23.4 Å². The van der Waals surface area contributed by atoms with Crippen LogP contribution in [0.15, 0.2) is 48.5 Å². The van der Waals surface area contributed by atoms with E-state index in [1.807, 2.05) is 0 Å². The first-order chi connectivity index (χ1) is 14.1. The van der Waals surface area contributed by atoms with Gasteiger partial charge in [-0.1, -0.05) is 42.3 Å². The van der Waals surface area contributed by atoms with Crippen molar-refractivity contribution in [1.82, 2.24) is 15.5 Å². The van der Waals surface area contributed by atoms with Gasteiger partial charge in [0.15, 0.2) is 0 Å². The molecule has 154 valence electrons. The molecule has 3 rings (SSSR count). The van der Waals surface area contributed by atoms with Crippen LogP contribution in [0.3, 0.4) is 0 Å². The van der Waals surface area contributed by atoms with E-state index in [0.717, 1.165) is 37.9 Å². The Morgan fingerprint density at radius 2 is 1.62 bits per heavy atom. The van der Waals surface area contributed by atoms with Crippen molar-refractivity contribution in [3.63, 3.8) is 0 Å². The van der Waals surface area contributed by atoms with Gasteiger partial charge in [0.05, 0.1) is 10.6 Å². The molecule has 1 saturated heterocycles. The topological polar surface area (TPSA) is 61.4 Å². The predicted octanol–water partition coefficient (Wildman–Crippen LogP) is 3.55. The Labute approximate surface area is 175 Å². The number of rotatable bonds is 7. The van der Waals surface area contributed by atoms with E-state index in [2.05, 4.69) is 15.5 Å². The van der Waals surface area contributed by atoms with Crippen molar-refractivity contribution in [2.45, 2.75) is 25.3 Å². The lowest BCUT2D eigenvalue weighted by molar-refractivity contribution is -0.127. The van der Waals surface area contributed by atoms with Crippen LogP contribution >= 0.6 is 11.6 Å². The van der Waals surface area contributed by atoms with E-state index in [9.17, 15) is 14.0 Å². The fraction of sp³-hybridized carbons (Fsp3) is 0.364. The number of piperidine rings is 1. The van der Waals surface area contributed by atoms with Crippen molar-refractivity contribution in [3.05, 3.63) is 70.5 Å². The number of hydrogen-bond donors (Lipinski definition) is 2. The summed E-state index contributed by atoms with van der Waals surface area (Å²) in [7, 11) is 0. The molecule has 0 bridgehead atoms. The first kappa shape index (κ1) is 21.3. The van der Waals surface area contributed by atoms with E-state index in [0.29, 0.717) is 17.1 Å². The molecule has 1 unspecified atom stereocenters. The second kappa shape index (κ2) is 10.4. The highest BCUT2D eigenvalue weighted by Gasteiger charge is 2.28. The van der Waals surface area contributed by atoms with Crippen molar-refractivity contribution < 1.29 is 14.0 Å². The van der Waals surface area contributed by atoms with Gasteiger partial charge in [0.1, 0.15) is 11.9 Å². The summed E-state index contributed by atoms with van der Waals surface area (Å²) < 4.78 is 13.3. The molecule has 1 heterocycles. The lowest BCUT2D eigenvalue weighted by atomic mass is 10.0. The Balaban J connectivity index is 1.57. The van der Waals surface area contributed by atoms with Crippen LogP contribution in [-0.4, -0.2) is 42.9 Å². The van der Waals surface area contributed by atoms with Crippen LogP contribution in [0.4, 0.5) is 4.39 Å². The highest BCUT2D eigenvalue weighted by Crippen LogP contribution is 2.25. The average Bonchev–Trinajstić information content (AvgIpc) is 2.74. The third kappa shape index (κ3) is 5.78. The van der Waals surface area contributed by atoms with Gasteiger partial charge in [-0.2, -0.15) is 0 Å². The molecule has 5 nitrogen and oxygen atoms in total. The molecule has 7 heteroatoms. The van der Waals surface area contributed by atoms with Gasteiger partial charge >= 0.3 is 0 Å². The highest BCUT2D eigenvalue weighted by atomic mass is 35.5. The molecule has 2 amide bonds. The summed E-state index contributed by atoms with van der Waals surface area (Å²) in [4.78, 5) is 27.2. The van der Waals surface area contributed by atoms with Crippen LogP contribution in [0.5, 0.6) is 0 Å². The van der Waals surface area contributed by atoms with E-state index in [4.69, 9.17) is 11.6 Å². The molecule has 1 fully saturated rings. The van der Waals surface area contributed by atoms with Crippen LogP contribution in [0.2, 0.25) is 5.02 Å². The number of nitrogens with one attached hydrogen (secondary N) is 2. The largest absolute Gasteiger partial charge is 0.353 e. The number of benzene rings is 2. The molecule has 29 heavy (non-hydrogen) atoms. The van der Waals surface area contributed by atoms with Gasteiger partial charge in [0.2, 0.25) is 5.91 Å². The molecule has 2 N–H and O–H groups in total. The molecular formula is C22H25ClFN3O2. The molecular weight excluding hydrogens is 393 g/mol. The molecule has 2 aromatic carbocycles. The van der Waals surface area contributed by atoms with Gasteiger partial charge in [-0.25, -0.2) is 4.39 Å². The number of nitrogens with zero attached hydrogens (tertiary/aromatic N) is 1. The minimum atomic E-state index is -0.463. The summed E-state index contributed by atoms with van der Waals surface area (Å²) in [6, 6.07) is 12.4. The summed E-state index contributed by atoms with van der Waals surface area (Å²) in [6.45, 7) is 2.24. The molecule has 0 aliphatic carbocycles. The summed E-state index contributed by atoms with van der Waals surface area (Å²) >= 11 is 6.03. The molecule has 0 saturated carbocycles. The van der Waals surface area contributed by atoms with Gasteiger partial charge in [-0.05, 0) is 55.8 Å². The Morgan fingerprint density at radius 1 is 0.966 bits per heavy atom. The van der Waals surface area contributed by atoms with Gasteiger partial charge in [-0.15, -0.1) is 0 Å². The monoisotopic (exact) mass is 417 g/mol. The smallest absolute Gasteiger partial charge is 0.252 e. The Morgan fingerprint density at radius 3 is 2.31 bits per heavy atom. The zero-order valence-electron chi connectivity index (χ0n) is 16.2. The van der Waals surface area contributed by atoms with Gasteiger partial charge in [0.25, 0.3) is 5.91 Å². The minimum absolute atomic E-state index is 0.148. The van der Waals surface area contributed by atoms with Crippen molar-refractivity contribution in [2.24, 2.45) is 0 Å². The standard InChI is InChI=1S/C22H25ClFN3O2/c23-19-7-3-2-6-18(19)21(28)25-12-13-26-22(29)20(27-14-4-1-5-15-27)16-8-10-17(24)11-9-16/h2-3,6-11,20H,1,4-5,12-15H2,(H,25,28)(H,26,29). The SMILES string of the molecule is O=C(NCCNC(=O)C(c1ccc(F)cc1)N1CCCCC1)c1ccccc1Cl. The molecule has 1 aliphatic heterocycles. The zero-order chi connectivity index (χ0) is 20.6. The third-order valence-electron chi connectivity index (χ3n) is 5.02. The molecule has 0 radical (unpaired) electrons. The maximum absolute atomic E-state index is 13.3. The number of carbonyl (C=O) groups is 2. The maximum atomic E-state index is 13.3. The first-order valence-electron chi connectivity index (χ1n) is 9.86. The summed E-state index contributed by atoms with van der Waals surface area (Å²) in [5.74, 6) is -0.754. The van der Waals surface area contributed by atoms with Gasteiger partial charge in [0, 0.05) is 13.1 Å². The van der Waals surface area contributed by atoms with Crippen molar-refractivity contribution in [3.8, 4) is 0 Å². The minimum Gasteiger partial charge on any atom is -0.353 e. The van der Waals surface area contributed by atoms with E-state index in [1.165, 1.54) is 12.1 Å². The third-order valence-corrected chi connectivity index (χ3v) is 5.35. The number of hydrogen-bond acceptors (Lipinski definition) is 3. The van der Waals surface area contributed by atoms with E-state index >= 15 is 0 Å². The zero-order valence-corrected chi connectivity index (χ0v) is 16.9. The Kier molecular flexibility index (Phi) is 7.61. The van der Waals surface area contributed by atoms with Crippen molar-refractivity contribution in [2.75, 3.05) is 26.2 Å². The molecule has 1 aliphatic rings. The van der Waals surface area contributed by atoms with Crippen LogP contribution < -0.4 is 10.6 Å². The van der Waals surface area contributed by atoms with Crippen LogP contribution in [0.25, 0.3) is 0 Å². The van der Waals surface area contributed by atoms with Crippen LogP contribution in [0.1, 0.15) is 41.2 Å². The normalized spacial score (nSPS) is 15.5. The van der Waals surface area contributed by atoms with E-state index < -0.39 is 6.04 Å². The average molecular weight is 418 g/mol. The van der Waals surface area contributed by atoms with E-state index in [-0.39, 0.29) is 24.2 Å². The Bertz CT molecular complexity index is 838. The molecule has 0 spiro atoms. The van der Waals surface area contributed by atoms with Crippen molar-refractivity contribution in [1.29, 1.82) is 0 Å². The number of carbonyl (C=O) groups excluding carboxylic acids is 2. The Hall–Kier alpha value is -2.44. The molecule has 2 aromatic rings. The second-order valence-corrected chi connectivity index (χ2v) is 7.48. The van der Waals surface area contributed by atoms with E-state index in [1.54, 1.807) is 36.4 Å². The quantitative estimate of drug-likeness (QED) is 0.677. The second-order valence-electron chi connectivity index (χ2n) is 7.08.